The maximum Gasteiger partial charge on any atom is 0.255 e. The molecule has 3 aromatic rings. The van der Waals surface area contributed by atoms with Crippen molar-refractivity contribution in [3.05, 3.63) is 78.0 Å². The van der Waals surface area contributed by atoms with E-state index in [4.69, 9.17) is 4.74 Å². The second-order valence-corrected chi connectivity index (χ2v) is 7.92. The molecule has 0 spiro atoms. The normalized spacial score (nSPS) is 10.5. The summed E-state index contributed by atoms with van der Waals surface area (Å²) in [6.45, 7) is 4.38. The lowest BCUT2D eigenvalue weighted by atomic mass is 10.2. The quantitative estimate of drug-likeness (QED) is 0.413. The molecular formula is C26H29N5O4. The first-order valence-corrected chi connectivity index (χ1v) is 11.2. The number of carbonyl (C=O) groups excluding carboxylic acids is 3. The second kappa shape index (κ2) is 12.3. The third-order valence-corrected chi connectivity index (χ3v) is 4.84. The van der Waals surface area contributed by atoms with Gasteiger partial charge in [-0.25, -0.2) is 4.98 Å². The fourth-order valence-electron chi connectivity index (χ4n) is 3.25. The number of amides is 3. The van der Waals surface area contributed by atoms with E-state index in [2.05, 4.69) is 20.9 Å². The standard InChI is InChI=1S/C26H29N5O4/c1-4-35-22-14-12-21(13-15-22)29-26(34)19-8-10-20(11-9-19)28-24(32)16-31(3)17-25(33)30-23-7-5-6-18(2)27-23/h5-15H,4,16-17H2,1-3H3,(H,28,32)(H,29,34)(H,27,30,33). The molecule has 2 aromatic carbocycles. The predicted molar refractivity (Wildman–Crippen MR) is 136 cm³/mol. The molecule has 1 aromatic heterocycles. The van der Waals surface area contributed by atoms with Gasteiger partial charge in [0.15, 0.2) is 0 Å². The second-order valence-electron chi connectivity index (χ2n) is 7.92. The van der Waals surface area contributed by atoms with Crippen LogP contribution in [0.25, 0.3) is 0 Å². The van der Waals surface area contributed by atoms with E-state index in [1.54, 1.807) is 66.5 Å². The van der Waals surface area contributed by atoms with E-state index in [0.29, 0.717) is 29.4 Å². The summed E-state index contributed by atoms with van der Waals surface area (Å²) in [4.78, 5) is 42.8. The summed E-state index contributed by atoms with van der Waals surface area (Å²) >= 11 is 0. The van der Waals surface area contributed by atoms with E-state index in [0.717, 1.165) is 11.4 Å². The van der Waals surface area contributed by atoms with Crippen LogP contribution in [-0.2, 0) is 9.59 Å². The maximum absolute atomic E-state index is 12.5. The first-order chi connectivity index (χ1) is 16.8. The Bertz CT molecular complexity index is 1160. The minimum atomic E-state index is -0.277. The van der Waals surface area contributed by atoms with Gasteiger partial charge in [-0.3, -0.25) is 19.3 Å². The van der Waals surface area contributed by atoms with Crippen LogP contribution in [0.4, 0.5) is 17.2 Å². The molecule has 3 amide bonds. The van der Waals surface area contributed by atoms with Crippen LogP contribution in [0.15, 0.2) is 66.7 Å². The van der Waals surface area contributed by atoms with Crippen molar-refractivity contribution >= 4 is 34.9 Å². The van der Waals surface area contributed by atoms with Crippen LogP contribution in [0.5, 0.6) is 5.75 Å². The Morgan fingerprint density at radius 1 is 0.829 bits per heavy atom. The maximum atomic E-state index is 12.5. The molecule has 0 aliphatic carbocycles. The van der Waals surface area contributed by atoms with Crippen LogP contribution in [0.1, 0.15) is 23.0 Å². The fraction of sp³-hybridized carbons (Fsp3) is 0.231. The van der Waals surface area contributed by atoms with Gasteiger partial charge in [0.2, 0.25) is 11.8 Å². The number of nitrogens with zero attached hydrogens (tertiary/aromatic N) is 2. The van der Waals surface area contributed by atoms with Crippen LogP contribution in [0, 0.1) is 6.92 Å². The molecule has 9 heteroatoms. The molecule has 182 valence electrons. The van der Waals surface area contributed by atoms with Crippen molar-refractivity contribution in [1.29, 1.82) is 0 Å². The van der Waals surface area contributed by atoms with Crippen molar-refractivity contribution in [3.63, 3.8) is 0 Å². The summed E-state index contributed by atoms with van der Waals surface area (Å²) in [6.07, 6.45) is 0. The molecule has 0 saturated carbocycles. The van der Waals surface area contributed by atoms with Crippen molar-refractivity contribution in [2.75, 3.05) is 42.7 Å². The van der Waals surface area contributed by atoms with Crippen LogP contribution >= 0.6 is 0 Å². The minimum absolute atomic E-state index is 0.0225. The van der Waals surface area contributed by atoms with E-state index in [1.165, 1.54) is 0 Å². The molecule has 9 nitrogen and oxygen atoms in total. The first-order valence-electron chi connectivity index (χ1n) is 11.2. The Morgan fingerprint density at radius 2 is 1.43 bits per heavy atom. The zero-order valence-corrected chi connectivity index (χ0v) is 20.0. The van der Waals surface area contributed by atoms with Crippen LogP contribution in [0.2, 0.25) is 0 Å². The van der Waals surface area contributed by atoms with Gasteiger partial charge in [-0.15, -0.1) is 0 Å². The number of aromatic nitrogens is 1. The zero-order chi connectivity index (χ0) is 25.2. The molecule has 35 heavy (non-hydrogen) atoms. The molecule has 0 atom stereocenters. The van der Waals surface area contributed by atoms with E-state index in [1.807, 2.05) is 26.0 Å². The van der Waals surface area contributed by atoms with Gasteiger partial charge in [0, 0.05) is 22.6 Å². The Kier molecular flexibility index (Phi) is 8.91. The smallest absolute Gasteiger partial charge is 0.255 e. The Labute approximate surface area is 204 Å². The topological polar surface area (TPSA) is 113 Å². The molecular weight excluding hydrogens is 446 g/mol. The number of pyridine rings is 1. The molecule has 0 radical (unpaired) electrons. The van der Waals surface area contributed by atoms with E-state index < -0.39 is 0 Å². The molecule has 3 N–H and O–H groups in total. The number of carbonyl (C=O) groups is 3. The van der Waals surface area contributed by atoms with Crippen molar-refractivity contribution in [3.8, 4) is 5.75 Å². The van der Waals surface area contributed by atoms with Crippen LogP contribution < -0.4 is 20.7 Å². The van der Waals surface area contributed by atoms with Gasteiger partial charge in [-0.05, 0) is 81.6 Å². The summed E-state index contributed by atoms with van der Waals surface area (Å²) in [5, 5.41) is 8.30. The molecule has 0 fully saturated rings. The predicted octanol–water partition coefficient (Wildman–Crippen LogP) is 3.55. The molecule has 0 bridgehead atoms. The van der Waals surface area contributed by atoms with Gasteiger partial charge >= 0.3 is 0 Å². The van der Waals surface area contributed by atoms with E-state index in [-0.39, 0.29) is 30.8 Å². The molecule has 1 heterocycles. The average Bonchev–Trinajstić information content (AvgIpc) is 2.80. The number of aryl methyl sites for hydroxylation is 1. The van der Waals surface area contributed by atoms with Gasteiger partial charge in [0.25, 0.3) is 5.91 Å². The number of ether oxygens (including phenoxy) is 1. The zero-order valence-electron chi connectivity index (χ0n) is 20.0. The third kappa shape index (κ3) is 8.24. The number of benzene rings is 2. The Balaban J connectivity index is 1.45. The highest BCUT2D eigenvalue weighted by atomic mass is 16.5. The van der Waals surface area contributed by atoms with Gasteiger partial charge < -0.3 is 20.7 Å². The number of nitrogens with one attached hydrogen (secondary N) is 3. The molecule has 3 rings (SSSR count). The highest BCUT2D eigenvalue weighted by Crippen LogP contribution is 2.17. The molecule has 0 saturated heterocycles. The SMILES string of the molecule is CCOc1ccc(NC(=O)c2ccc(NC(=O)CN(C)CC(=O)Nc3cccc(C)n3)cc2)cc1. The average molecular weight is 476 g/mol. The largest absolute Gasteiger partial charge is 0.494 e. The molecule has 0 aliphatic rings. The summed E-state index contributed by atoms with van der Waals surface area (Å²) in [5.41, 5.74) is 2.46. The first kappa shape index (κ1) is 25.4. The van der Waals surface area contributed by atoms with Gasteiger partial charge in [0.1, 0.15) is 11.6 Å². The van der Waals surface area contributed by atoms with Crippen molar-refractivity contribution in [2.24, 2.45) is 0 Å². The summed E-state index contributed by atoms with van der Waals surface area (Å²) in [5.74, 6) is 0.405. The van der Waals surface area contributed by atoms with Crippen molar-refractivity contribution in [2.45, 2.75) is 13.8 Å². The number of anilines is 3. The highest BCUT2D eigenvalue weighted by molar-refractivity contribution is 6.04. The lowest BCUT2D eigenvalue weighted by Gasteiger charge is -2.16. The minimum Gasteiger partial charge on any atom is -0.494 e. The number of hydrogen-bond acceptors (Lipinski definition) is 6. The van der Waals surface area contributed by atoms with Crippen molar-refractivity contribution < 1.29 is 19.1 Å². The molecule has 0 unspecified atom stereocenters. The summed E-state index contributed by atoms with van der Waals surface area (Å²) in [6, 6.07) is 19.0. The highest BCUT2D eigenvalue weighted by Gasteiger charge is 2.12. The Hall–Kier alpha value is -4.24. The third-order valence-electron chi connectivity index (χ3n) is 4.84. The summed E-state index contributed by atoms with van der Waals surface area (Å²) < 4.78 is 5.39. The van der Waals surface area contributed by atoms with Gasteiger partial charge in [0.05, 0.1) is 19.7 Å². The van der Waals surface area contributed by atoms with E-state index in [9.17, 15) is 14.4 Å². The van der Waals surface area contributed by atoms with Crippen LogP contribution in [-0.4, -0.2) is 54.3 Å². The molecule has 0 aliphatic heterocycles. The fourth-order valence-corrected chi connectivity index (χ4v) is 3.25. The van der Waals surface area contributed by atoms with Crippen molar-refractivity contribution in [1.82, 2.24) is 9.88 Å². The Morgan fingerprint density at radius 3 is 2.06 bits per heavy atom. The van der Waals surface area contributed by atoms with E-state index >= 15 is 0 Å². The lowest BCUT2D eigenvalue weighted by Crippen LogP contribution is -2.36. The number of hydrogen-bond donors (Lipinski definition) is 3. The summed E-state index contributed by atoms with van der Waals surface area (Å²) in [7, 11) is 1.68. The lowest BCUT2D eigenvalue weighted by molar-refractivity contribution is -0.119. The monoisotopic (exact) mass is 475 g/mol. The van der Waals surface area contributed by atoms with Gasteiger partial charge in [-0.1, -0.05) is 6.07 Å². The number of rotatable bonds is 10. The van der Waals surface area contributed by atoms with Crippen LogP contribution in [0.3, 0.4) is 0 Å². The number of likely N-dealkylation sites (N-methyl/N-ethyl adjacent to an activating group) is 1. The van der Waals surface area contributed by atoms with Gasteiger partial charge in [-0.2, -0.15) is 0 Å².